The summed E-state index contributed by atoms with van der Waals surface area (Å²) >= 11 is 0. The lowest BCUT2D eigenvalue weighted by Crippen LogP contribution is -2.25. The number of hydrogen-bond acceptors (Lipinski definition) is 3. The molecular formula is C19H17NO2. The highest BCUT2D eigenvalue weighted by molar-refractivity contribution is 6.54. The first-order valence-electron chi connectivity index (χ1n) is 7.73. The number of ketones is 2. The fourth-order valence-corrected chi connectivity index (χ4v) is 3.63. The number of benzene rings is 2. The first-order chi connectivity index (χ1) is 10.6. The predicted molar refractivity (Wildman–Crippen MR) is 86.8 cm³/mol. The van der Waals surface area contributed by atoms with Crippen molar-refractivity contribution in [2.24, 2.45) is 0 Å². The second-order valence-corrected chi connectivity index (χ2v) is 6.13. The molecule has 2 aromatic rings. The molecule has 0 spiro atoms. The Morgan fingerprint density at radius 2 is 1.86 bits per heavy atom. The van der Waals surface area contributed by atoms with E-state index in [0.29, 0.717) is 17.6 Å². The van der Waals surface area contributed by atoms with Crippen molar-refractivity contribution in [3.8, 4) is 0 Å². The summed E-state index contributed by atoms with van der Waals surface area (Å²) in [6.07, 6.45) is 1.60. The quantitative estimate of drug-likeness (QED) is 0.819. The lowest BCUT2D eigenvalue weighted by Gasteiger charge is -2.20. The van der Waals surface area contributed by atoms with Crippen LogP contribution in [-0.4, -0.2) is 17.6 Å². The van der Waals surface area contributed by atoms with Crippen LogP contribution in [0.3, 0.4) is 0 Å². The maximum absolute atomic E-state index is 12.7. The van der Waals surface area contributed by atoms with Crippen molar-refractivity contribution in [3.05, 3.63) is 52.6 Å². The number of carbonyl (C=O) groups is 2. The van der Waals surface area contributed by atoms with Crippen LogP contribution in [0.4, 0.5) is 0 Å². The molecule has 1 heterocycles. The summed E-state index contributed by atoms with van der Waals surface area (Å²) in [5, 5.41) is 5.37. The number of hydrogen-bond donors (Lipinski definition) is 1. The third-order valence-corrected chi connectivity index (χ3v) is 4.82. The molecule has 1 aliphatic heterocycles. The smallest absolute Gasteiger partial charge is 0.234 e. The van der Waals surface area contributed by atoms with Crippen molar-refractivity contribution in [1.29, 1.82) is 0 Å². The molecule has 0 aromatic heterocycles. The summed E-state index contributed by atoms with van der Waals surface area (Å²) in [7, 11) is 0. The number of aryl methyl sites for hydroxylation is 1. The third-order valence-electron chi connectivity index (χ3n) is 4.82. The minimum atomic E-state index is -0.358. The lowest BCUT2D eigenvalue weighted by atomic mass is 9.83. The zero-order valence-corrected chi connectivity index (χ0v) is 12.7. The van der Waals surface area contributed by atoms with Crippen LogP contribution in [0.1, 0.15) is 41.3 Å². The summed E-state index contributed by atoms with van der Waals surface area (Å²) in [4.78, 5) is 25.2. The van der Waals surface area contributed by atoms with E-state index in [4.69, 9.17) is 0 Å². The standard InChI is InChI=1S/C19H17NO2/c1-3-11-9-15-17(20-11)14-8-10(2)12-6-4-5-7-13(12)16(14)19(22)18(15)21/h4-8,11,20H,3,9H2,1-2H3. The second-order valence-electron chi connectivity index (χ2n) is 6.13. The molecule has 1 atom stereocenters. The number of carbonyl (C=O) groups excluding carboxylic acids is 2. The molecule has 2 aliphatic rings. The fourth-order valence-electron chi connectivity index (χ4n) is 3.63. The minimum Gasteiger partial charge on any atom is -0.381 e. The van der Waals surface area contributed by atoms with Crippen LogP contribution in [0.2, 0.25) is 0 Å². The highest BCUT2D eigenvalue weighted by Crippen LogP contribution is 2.39. The van der Waals surface area contributed by atoms with Gasteiger partial charge in [-0.05, 0) is 42.2 Å². The van der Waals surface area contributed by atoms with E-state index < -0.39 is 0 Å². The molecule has 2 aromatic carbocycles. The molecule has 1 aliphatic carbocycles. The van der Waals surface area contributed by atoms with E-state index in [-0.39, 0.29) is 17.6 Å². The average molecular weight is 291 g/mol. The molecule has 0 amide bonds. The average Bonchev–Trinajstić information content (AvgIpc) is 2.97. The summed E-state index contributed by atoms with van der Waals surface area (Å²) < 4.78 is 0. The van der Waals surface area contributed by atoms with Gasteiger partial charge in [0.15, 0.2) is 0 Å². The van der Waals surface area contributed by atoms with Crippen LogP contribution < -0.4 is 5.32 Å². The first-order valence-corrected chi connectivity index (χ1v) is 7.73. The van der Waals surface area contributed by atoms with E-state index in [1.54, 1.807) is 0 Å². The van der Waals surface area contributed by atoms with Gasteiger partial charge in [0.05, 0.1) is 0 Å². The molecule has 1 unspecified atom stereocenters. The highest BCUT2D eigenvalue weighted by atomic mass is 16.2. The monoisotopic (exact) mass is 291 g/mol. The molecule has 0 saturated heterocycles. The van der Waals surface area contributed by atoms with Crippen molar-refractivity contribution >= 4 is 28.0 Å². The number of rotatable bonds is 1. The van der Waals surface area contributed by atoms with Gasteiger partial charge in [-0.3, -0.25) is 9.59 Å². The molecule has 110 valence electrons. The van der Waals surface area contributed by atoms with Gasteiger partial charge in [-0.15, -0.1) is 0 Å². The van der Waals surface area contributed by atoms with Crippen LogP contribution in [-0.2, 0) is 4.79 Å². The largest absolute Gasteiger partial charge is 0.381 e. The van der Waals surface area contributed by atoms with Gasteiger partial charge in [0.2, 0.25) is 11.6 Å². The van der Waals surface area contributed by atoms with Gasteiger partial charge in [-0.25, -0.2) is 0 Å². The Morgan fingerprint density at radius 1 is 1.14 bits per heavy atom. The maximum atomic E-state index is 12.7. The van der Waals surface area contributed by atoms with Gasteiger partial charge in [-0.2, -0.15) is 0 Å². The summed E-state index contributed by atoms with van der Waals surface area (Å²) in [5.41, 5.74) is 4.13. The molecule has 0 bridgehead atoms. The van der Waals surface area contributed by atoms with Crippen molar-refractivity contribution in [2.75, 3.05) is 0 Å². The lowest BCUT2D eigenvalue weighted by molar-refractivity contribution is -0.112. The zero-order chi connectivity index (χ0) is 15.4. The Labute approximate surface area is 129 Å². The van der Waals surface area contributed by atoms with Crippen molar-refractivity contribution in [1.82, 2.24) is 5.32 Å². The van der Waals surface area contributed by atoms with Crippen molar-refractivity contribution in [3.63, 3.8) is 0 Å². The van der Waals surface area contributed by atoms with Gasteiger partial charge < -0.3 is 5.32 Å². The summed E-state index contributed by atoms with van der Waals surface area (Å²) in [6, 6.07) is 10.1. The normalized spacial score (nSPS) is 20.2. The zero-order valence-electron chi connectivity index (χ0n) is 12.7. The Kier molecular flexibility index (Phi) is 2.73. The summed E-state index contributed by atoms with van der Waals surface area (Å²) in [5.74, 6) is -0.691. The van der Waals surface area contributed by atoms with Crippen LogP contribution in [0.15, 0.2) is 35.9 Å². The minimum absolute atomic E-state index is 0.250. The molecule has 0 saturated carbocycles. The van der Waals surface area contributed by atoms with E-state index in [1.807, 2.05) is 30.3 Å². The van der Waals surface area contributed by atoms with E-state index in [9.17, 15) is 9.59 Å². The molecular weight excluding hydrogens is 274 g/mol. The Morgan fingerprint density at radius 3 is 2.59 bits per heavy atom. The van der Waals surface area contributed by atoms with Crippen LogP contribution in [0.25, 0.3) is 16.5 Å². The van der Waals surface area contributed by atoms with Crippen LogP contribution >= 0.6 is 0 Å². The van der Waals surface area contributed by atoms with Gasteiger partial charge >= 0.3 is 0 Å². The third kappa shape index (κ3) is 1.62. The predicted octanol–water partition coefficient (Wildman–Crippen LogP) is 3.40. The number of nitrogens with one attached hydrogen (secondary N) is 1. The van der Waals surface area contributed by atoms with Crippen LogP contribution in [0, 0.1) is 6.92 Å². The van der Waals surface area contributed by atoms with Gasteiger partial charge in [0, 0.05) is 28.4 Å². The molecule has 22 heavy (non-hydrogen) atoms. The van der Waals surface area contributed by atoms with Crippen molar-refractivity contribution in [2.45, 2.75) is 32.7 Å². The molecule has 0 radical (unpaired) electrons. The number of Topliss-reactive ketones (excluding diaryl/α,β-unsaturated/α-hetero) is 2. The Hall–Kier alpha value is -2.42. The molecule has 3 heteroatoms. The van der Waals surface area contributed by atoms with Gasteiger partial charge in [0.25, 0.3) is 0 Å². The molecule has 4 rings (SSSR count). The fraction of sp³-hybridized carbons (Fsp3) is 0.263. The topological polar surface area (TPSA) is 46.2 Å². The Bertz CT molecular complexity index is 876. The summed E-state index contributed by atoms with van der Waals surface area (Å²) in [6.45, 7) is 4.14. The SMILES string of the molecule is CCC1CC2=C(N1)c1cc(C)c3ccccc3c1C(=O)C2=O. The van der Waals surface area contributed by atoms with E-state index in [2.05, 4.69) is 19.2 Å². The van der Waals surface area contributed by atoms with E-state index in [1.165, 1.54) is 0 Å². The molecule has 3 nitrogen and oxygen atoms in total. The van der Waals surface area contributed by atoms with E-state index >= 15 is 0 Å². The second kappa shape index (κ2) is 4.54. The van der Waals surface area contributed by atoms with Crippen molar-refractivity contribution < 1.29 is 9.59 Å². The molecule has 0 fully saturated rings. The maximum Gasteiger partial charge on any atom is 0.234 e. The van der Waals surface area contributed by atoms with Gasteiger partial charge in [-0.1, -0.05) is 31.2 Å². The number of fused-ring (bicyclic) bond motifs is 4. The Balaban J connectivity index is 2.06. The van der Waals surface area contributed by atoms with Crippen LogP contribution in [0.5, 0.6) is 0 Å². The molecule has 1 N–H and O–H groups in total. The van der Waals surface area contributed by atoms with E-state index in [0.717, 1.165) is 34.0 Å². The van der Waals surface area contributed by atoms with Gasteiger partial charge in [0.1, 0.15) is 0 Å². The highest BCUT2D eigenvalue weighted by Gasteiger charge is 2.38. The first kappa shape index (κ1) is 13.3.